The number of carbonyl (C=O) groups is 1. The van der Waals surface area contributed by atoms with Crippen molar-refractivity contribution in [2.75, 3.05) is 13.2 Å². The van der Waals surface area contributed by atoms with E-state index in [9.17, 15) is 20.1 Å². The van der Waals surface area contributed by atoms with Crippen molar-refractivity contribution in [3.05, 3.63) is 12.2 Å². The second kappa shape index (κ2) is 14.2. The second-order valence-corrected chi connectivity index (χ2v) is 6.99. The van der Waals surface area contributed by atoms with Crippen molar-refractivity contribution in [3.63, 3.8) is 0 Å². The van der Waals surface area contributed by atoms with Crippen LogP contribution in [0.25, 0.3) is 0 Å². The fraction of sp³-hybridized carbons (Fsp3) is 0.850. The lowest BCUT2D eigenvalue weighted by molar-refractivity contribution is -0.162. The molecule has 152 valence electrons. The normalized spacial score (nSPS) is 24.2. The van der Waals surface area contributed by atoms with Crippen molar-refractivity contribution in [1.29, 1.82) is 0 Å². The minimum absolute atomic E-state index is 0.0202. The molecular formula is C20H36O6. The van der Waals surface area contributed by atoms with Crippen molar-refractivity contribution in [2.45, 2.75) is 95.5 Å². The van der Waals surface area contributed by atoms with Crippen LogP contribution in [-0.4, -0.2) is 58.9 Å². The van der Waals surface area contributed by atoms with Crippen molar-refractivity contribution < 1.29 is 29.6 Å². The lowest BCUT2D eigenvalue weighted by atomic mass is 10.1. The number of unbranched alkanes of at least 4 members (excludes halogenated alkanes) is 7. The number of ether oxygens (including phenoxy) is 2. The number of rotatable bonds is 14. The molecule has 0 radical (unpaired) electrons. The van der Waals surface area contributed by atoms with Gasteiger partial charge in [-0.05, 0) is 25.7 Å². The second-order valence-electron chi connectivity index (χ2n) is 6.99. The summed E-state index contributed by atoms with van der Waals surface area (Å²) < 4.78 is 10.4. The third-order valence-electron chi connectivity index (χ3n) is 4.66. The summed E-state index contributed by atoms with van der Waals surface area (Å²) in [5.74, 6) is -0.403. The smallest absolute Gasteiger partial charge is 0.306 e. The standard InChI is InChI=1S/C20H36O6/c1-2-3-4-5-6-7-8-9-10-11-12-13-18(23)26-17(14-21)20-19(24)16(22)15-25-20/h5-6,16-17,19-22,24H,2-4,7-15H2,1H3/t16-,17+,19+,20+/m0/s1. The molecule has 3 N–H and O–H groups in total. The van der Waals surface area contributed by atoms with Crippen LogP contribution in [0.15, 0.2) is 12.2 Å². The average molecular weight is 373 g/mol. The van der Waals surface area contributed by atoms with Gasteiger partial charge in [-0.2, -0.15) is 0 Å². The topological polar surface area (TPSA) is 96.2 Å². The van der Waals surface area contributed by atoms with E-state index in [1.54, 1.807) is 0 Å². The average Bonchev–Trinajstić information content (AvgIpc) is 2.96. The number of esters is 1. The van der Waals surface area contributed by atoms with E-state index in [1.807, 2.05) is 0 Å². The molecule has 26 heavy (non-hydrogen) atoms. The lowest BCUT2D eigenvalue weighted by Gasteiger charge is -2.24. The number of hydrogen-bond acceptors (Lipinski definition) is 6. The fourth-order valence-electron chi connectivity index (χ4n) is 3.01. The highest BCUT2D eigenvalue weighted by Crippen LogP contribution is 2.20. The molecule has 0 spiro atoms. The molecule has 1 heterocycles. The molecule has 0 aromatic heterocycles. The molecule has 6 heteroatoms. The summed E-state index contributed by atoms with van der Waals surface area (Å²) >= 11 is 0. The minimum Gasteiger partial charge on any atom is -0.457 e. The largest absolute Gasteiger partial charge is 0.457 e. The molecule has 1 saturated heterocycles. The summed E-state index contributed by atoms with van der Waals surface area (Å²) in [4.78, 5) is 11.9. The maximum Gasteiger partial charge on any atom is 0.306 e. The molecule has 1 aliphatic heterocycles. The third-order valence-corrected chi connectivity index (χ3v) is 4.66. The molecular weight excluding hydrogens is 336 g/mol. The van der Waals surface area contributed by atoms with Crippen LogP contribution in [0.3, 0.4) is 0 Å². The fourth-order valence-corrected chi connectivity index (χ4v) is 3.01. The molecule has 1 rings (SSSR count). The summed E-state index contributed by atoms with van der Waals surface area (Å²) in [7, 11) is 0. The maximum absolute atomic E-state index is 11.9. The first-order chi connectivity index (χ1) is 12.6. The summed E-state index contributed by atoms with van der Waals surface area (Å²) in [5.41, 5.74) is 0. The van der Waals surface area contributed by atoms with Crippen LogP contribution < -0.4 is 0 Å². The highest BCUT2D eigenvalue weighted by atomic mass is 16.6. The molecule has 0 amide bonds. The molecule has 6 nitrogen and oxygen atoms in total. The predicted molar refractivity (Wildman–Crippen MR) is 99.7 cm³/mol. The SMILES string of the molecule is CCCCC=CCCCCCCCC(=O)O[C@H](CO)[C@H]1OC[C@H](O)[C@H]1O. The molecule has 0 saturated carbocycles. The zero-order chi connectivity index (χ0) is 19.2. The van der Waals surface area contributed by atoms with Gasteiger partial charge in [0.15, 0.2) is 6.10 Å². The predicted octanol–water partition coefficient (Wildman–Crippen LogP) is 2.49. The van der Waals surface area contributed by atoms with Crippen LogP contribution in [0.2, 0.25) is 0 Å². The van der Waals surface area contributed by atoms with E-state index in [4.69, 9.17) is 9.47 Å². The quantitative estimate of drug-likeness (QED) is 0.246. The van der Waals surface area contributed by atoms with Gasteiger partial charge in [-0.1, -0.05) is 51.2 Å². The van der Waals surface area contributed by atoms with Gasteiger partial charge in [0.2, 0.25) is 0 Å². The Morgan fingerprint density at radius 3 is 2.38 bits per heavy atom. The number of hydrogen-bond donors (Lipinski definition) is 3. The number of allylic oxidation sites excluding steroid dienone is 2. The lowest BCUT2D eigenvalue weighted by Crippen LogP contribution is -2.43. The molecule has 1 aliphatic rings. The van der Waals surface area contributed by atoms with Crippen molar-refractivity contribution >= 4 is 5.97 Å². The van der Waals surface area contributed by atoms with Gasteiger partial charge in [-0.3, -0.25) is 4.79 Å². The minimum atomic E-state index is -1.14. The van der Waals surface area contributed by atoms with Crippen molar-refractivity contribution in [1.82, 2.24) is 0 Å². The van der Waals surface area contributed by atoms with E-state index in [1.165, 1.54) is 25.7 Å². The summed E-state index contributed by atoms with van der Waals surface area (Å²) in [5, 5.41) is 28.6. The Labute approximate surface area is 157 Å². The zero-order valence-electron chi connectivity index (χ0n) is 16.0. The van der Waals surface area contributed by atoms with E-state index < -0.39 is 37.0 Å². The Bertz CT molecular complexity index is 398. The van der Waals surface area contributed by atoms with Crippen molar-refractivity contribution in [2.24, 2.45) is 0 Å². The van der Waals surface area contributed by atoms with E-state index in [0.717, 1.165) is 32.1 Å². The Kier molecular flexibility index (Phi) is 12.6. The highest BCUT2D eigenvalue weighted by Gasteiger charge is 2.41. The number of carbonyl (C=O) groups excluding carboxylic acids is 1. The van der Waals surface area contributed by atoms with Crippen LogP contribution >= 0.6 is 0 Å². The van der Waals surface area contributed by atoms with Gasteiger partial charge < -0.3 is 24.8 Å². The van der Waals surface area contributed by atoms with Gasteiger partial charge in [0, 0.05) is 6.42 Å². The van der Waals surface area contributed by atoms with Crippen LogP contribution in [-0.2, 0) is 14.3 Å². The molecule has 0 aromatic rings. The molecule has 0 bridgehead atoms. The van der Waals surface area contributed by atoms with E-state index in [-0.39, 0.29) is 6.61 Å². The van der Waals surface area contributed by atoms with Gasteiger partial charge in [0.05, 0.1) is 13.2 Å². The van der Waals surface area contributed by atoms with Gasteiger partial charge in [-0.15, -0.1) is 0 Å². The van der Waals surface area contributed by atoms with Crippen molar-refractivity contribution in [3.8, 4) is 0 Å². The molecule has 0 unspecified atom stereocenters. The van der Waals surface area contributed by atoms with E-state index in [0.29, 0.717) is 6.42 Å². The Morgan fingerprint density at radius 1 is 1.12 bits per heavy atom. The van der Waals surface area contributed by atoms with Crippen LogP contribution in [0.4, 0.5) is 0 Å². The van der Waals surface area contributed by atoms with E-state index >= 15 is 0 Å². The first-order valence-electron chi connectivity index (χ1n) is 10.0. The molecule has 1 fully saturated rings. The Morgan fingerprint density at radius 2 is 1.77 bits per heavy atom. The summed E-state index contributed by atoms with van der Waals surface area (Å²) in [6, 6.07) is 0. The molecule has 4 atom stereocenters. The van der Waals surface area contributed by atoms with Crippen LogP contribution in [0.1, 0.15) is 71.1 Å². The molecule has 0 aromatic carbocycles. The first kappa shape index (κ1) is 23.1. The summed E-state index contributed by atoms with van der Waals surface area (Å²) in [6.07, 6.45) is 10.8. The number of aliphatic hydroxyl groups excluding tert-OH is 3. The maximum atomic E-state index is 11.9. The first-order valence-corrected chi connectivity index (χ1v) is 10.0. The van der Waals surface area contributed by atoms with Crippen LogP contribution in [0, 0.1) is 0 Å². The van der Waals surface area contributed by atoms with E-state index in [2.05, 4.69) is 19.1 Å². The zero-order valence-corrected chi connectivity index (χ0v) is 16.0. The monoisotopic (exact) mass is 372 g/mol. The van der Waals surface area contributed by atoms with Gasteiger partial charge >= 0.3 is 5.97 Å². The van der Waals surface area contributed by atoms with Gasteiger partial charge in [-0.25, -0.2) is 0 Å². The Balaban J connectivity index is 2.05. The summed E-state index contributed by atoms with van der Waals surface area (Å²) in [6.45, 7) is 1.74. The van der Waals surface area contributed by atoms with Gasteiger partial charge in [0.25, 0.3) is 0 Å². The third kappa shape index (κ3) is 9.12. The highest BCUT2D eigenvalue weighted by molar-refractivity contribution is 5.69. The Hall–Kier alpha value is -0.950. The molecule has 0 aliphatic carbocycles. The number of aliphatic hydroxyl groups is 3. The van der Waals surface area contributed by atoms with Gasteiger partial charge in [0.1, 0.15) is 18.3 Å². The van der Waals surface area contributed by atoms with Crippen LogP contribution in [0.5, 0.6) is 0 Å².